The van der Waals surface area contributed by atoms with Gasteiger partial charge in [-0.15, -0.1) is 0 Å². The first-order valence-corrected chi connectivity index (χ1v) is 8.43. The van der Waals surface area contributed by atoms with Crippen LogP contribution in [-0.4, -0.2) is 34.4 Å². The number of anilines is 1. The van der Waals surface area contributed by atoms with Gasteiger partial charge in [-0.1, -0.05) is 12.1 Å². The van der Waals surface area contributed by atoms with E-state index in [1.165, 1.54) is 0 Å². The van der Waals surface area contributed by atoms with Crippen LogP contribution in [-0.2, 0) is 0 Å². The topological polar surface area (TPSA) is 55.3 Å². The van der Waals surface area contributed by atoms with Crippen molar-refractivity contribution in [3.63, 3.8) is 0 Å². The van der Waals surface area contributed by atoms with Gasteiger partial charge in [0.1, 0.15) is 23.0 Å². The summed E-state index contributed by atoms with van der Waals surface area (Å²) < 4.78 is 6.29. The van der Waals surface area contributed by atoms with E-state index in [1.807, 2.05) is 44.3 Å². The van der Waals surface area contributed by atoms with Crippen molar-refractivity contribution in [3.05, 3.63) is 47.4 Å². The number of hydrogen-bond acceptors (Lipinski definition) is 5. The zero-order valence-corrected chi connectivity index (χ0v) is 14.1. The summed E-state index contributed by atoms with van der Waals surface area (Å²) in [7, 11) is 0. The minimum absolute atomic E-state index is 0.194. The Hall–Kier alpha value is -2.43. The van der Waals surface area contributed by atoms with Crippen LogP contribution in [0.15, 0.2) is 30.5 Å². The van der Waals surface area contributed by atoms with Gasteiger partial charge in [0.2, 0.25) is 0 Å². The van der Waals surface area contributed by atoms with Gasteiger partial charge in [-0.05, 0) is 26.0 Å². The average Bonchev–Trinajstić information content (AvgIpc) is 2.58. The summed E-state index contributed by atoms with van der Waals surface area (Å²) in [6.07, 6.45) is 4.00. The number of piperidine rings is 1. The molecule has 3 heterocycles. The van der Waals surface area contributed by atoms with Crippen LogP contribution >= 0.6 is 0 Å². The Kier molecular flexibility index (Phi) is 3.52. The summed E-state index contributed by atoms with van der Waals surface area (Å²) in [5.74, 6) is 2.71. The molecule has 1 spiro atoms. The fraction of sp³-hybridized carbons (Fsp3) is 0.421. The number of rotatable bonds is 1. The molecule has 24 heavy (non-hydrogen) atoms. The first-order valence-electron chi connectivity index (χ1n) is 8.43. The van der Waals surface area contributed by atoms with Gasteiger partial charge < -0.3 is 9.64 Å². The number of Topliss-reactive ketones (excluding diaryl/α,β-unsaturated/α-hetero) is 1. The molecule has 2 aliphatic rings. The van der Waals surface area contributed by atoms with Crippen LogP contribution in [0.5, 0.6) is 5.75 Å². The van der Waals surface area contributed by atoms with E-state index in [2.05, 4.69) is 14.9 Å². The second-order valence-electron chi connectivity index (χ2n) is 6.79. The summed E-state index contributed by atoms with van der Waals surface area (Å²) in [4.78, 5) is 23.6. The predicted octanol–water partition coefficient (Wildman–Crippen LogP) is 3.10. The highest BCUT2D eigenvalue weighted by Gasteiger charge is 2.43. The first kappa shape index (κ1) is 15.1. The molecule has 1 aromatic carbocycles. The van der Waals surface area contributed by atoms with Crippen LogP contribution in [0.1, 0.15) is 41.0 Å². The third kappa shape index (κ3) is 2.54. The Morgan fingerprint density at radius 1 is 1.17 bits per heavy atom. The summed E-state index contributed by atoms with van der Waals surface area (Å²) in [5, 5.41) is 0. The van der Waals surface area contributed by atoms with Crippen LogP contribution in [0.4, 0.5) is 5.82 Å². The van der Waals surface area contributed by atoms with Gasteiger partial charge in [0.25, 0.3) is 0 Å². The molecule has 2 aromatic rings. The maximum Gasteiger partial charge on any atom is 0.170 e. The lowest BCUT2D eigenvalue weighted by atomic mass is 9.82. The number of fused-ring (bicyclic) bond motifs is 1. The second-order valence-corrected chi connectivity index (χ2v) is 6.79. The lowest BCUT2D eigenvalue weighted by Crippen LogP contribution is -2.51. The van der Waals surface area contributed by atoms with Crippen LogP contribution in [0.3, 0.4) is 0 Å². The summed E-state index contributed by atoms with van der Waals surface area (Å²) in [6, 6.07) is 7.57. The van der Waals surface area contributed by atoms with E-state index in [1.54, 1.807) is 0 Å². The third-order valence-corrected chi connectivity index (χ3v) is 5.04. The zero-order chi connectivity index (χ0) is 16.7. The molecule has 1 fully saturated rings. The van der Waals surface area contributed by atoms with Gasteiger partial charge in [0.05, 0.1) is 12.0 Å². The van der Waals surface area contributed by atoms with Gasteiger partial charge in [-0.2, -0.15) is 0 Å². The number of benzene rings is 1. The summed E-state index contributed by atoms with van der Waals surface area (Å²) in [6.45, 7) is 5.63. The quantitative estimate of drug-likeness (QED) is 0.807. The molecule has 0 bridgehead atoms. The maximum absolute atomic E-state index is 12.5. The largest absolute Gasteiger partial charge is 0.486 e. The highest BCUT2D eigenvalue weighted by molar-refractivity contribution is 6.00. The Morgan fingerprint density at radius 2 is 1.92 bits per heavy atom. The number of carbonyl (C=O) groups is 1. The van der Waals surface area contributed by atoms with E-state index in [9.17, 15) is 4.79 Å². The average molecular weight is 323 g/mol. The van der Waals surface area contributed by atoms with Crippen molar-refractivity contribution in [2.45, 2.75) is 38.7 Å². The number of aromatic nitrogens is 2. The molecule has 0 aliphatic carbocycles. The van der Waals surface area contributed by atoms with Gasteiger partial charge in [-0.3, -0.25) is 4.79 Å². The molecule has 0 amide bonds. The fourth-order valence-electron chi connectivity index (χ4n) is 3.69. The van der Waals surface area contributed by atoms with E-state index in [0.717, 1.165) is 48.9 Å². The molecular weight excluding hydrogens is 302 g/mol. The van der Waals surface area contributed by atoms with Gasteiger partial charge in [0.15, 0.2) is 5.78 Å². The number of para-hydroxylation sites is 1. The molecule has 124 valence electrons. The molecule has 5 nitrogen and oxygen atoms in total. The summed E-state index contributed by atoms with van der Waals surface area (Å²) >= 11 is 0. The first-order chi connectivity index (χ1) is 11.6. The van der Waals surface area contributed by atoms with Gasteiger partial charge >= 0.3 is 0 Å². The van der Waals surface area contributed by atoms with Crippen LogP contribution in [0.2, 0.25) is 0 Å². The van der Waals surface area contributed by atoms with E-state index >= 15 is 0 Å². The third-order valence-electron chi connectivity index (χ3n) is 5.04. The van der Waals surface area contributed by atoms with Crippen LogP contribution in [0, 0.1) is 13.8 Å². The SMILES string of the molecule is Cc1ncc(C)c(N2CCC3(CC2)CC(=O)c2ccccc2O3)n1. The minimum atomic E-state index is -0.363. The van der Waals surface area contributed by atoms with E-state index in [0.29, 0.717) is 12.0 Å². The molecule has 4 rings (SSSR count). The van der Waals surface area contributed by atoms with E-state index in [-0.39, 0.29) is 11.4 Å². The molecule has 0 radical (unpaired) electrons. The Morgan fingerprint density at radius 3 is 2.71 bits per heavy atom. The smallest absolute Gasteiger partial charge is 0.170 e. The van der Waals surface area contributed by atoms with Crippen LogP contribution in [0.25, 0.3) is 0 Å². The van der Waals surface area contributed by atoms with Crippen molar-refractivity contribution in [2.75, 3.05) is 18.0 Å². The van der Waals surface area contributed by atoms with Crippen molar-refractivity contribution in [1.29, 1.82) is 0 Å². The highest BCUT2D eigenvalue weighted by Crippen LogP contribution is 2.39. The summed E-state index contributed by atoms with van der Waals surface area (Å²) in [5.41, 5.74) is 1.44. The standard InChI is InChI=1S/C19H21N3O2/c1-13-12-20-14(2)21-18(13)22-9-7-19(8-10-22)11-16(23)15-5-3-4-6-17(15)24-19/h3-6,12H,7-11H2,1-2H3. The lowest BCUT2D eigenvalue weighted by molar-refractivity contribution is 0.0231. The predicted molar refractivity (Wildman–Crippen MR) is 91.7 cm³/mol. The molecule has 1 saturated heterocycles. The second kappa shape index (κ2) is 5.58. The molecule has 0 saturated carbocycles. The number of ketones is 1. The molecule has 0 unspecified atom stereocenters. The normalized spacial score (nSPS) is 19.1. The van der Waals surface area contributed by atoms with E-state index < -0.39 is 0 Å². The number of hydrogen-bond donors (Lipinski definition) is 0. The number of aryl methyl sites for hydroxylation is 2. The van der Waals surface area contributed by atoms with Crippen molar-refractivity contribution in [3.8, 4) is 5.75 Å². The number of nitrogens with zero attached hydrogens (tertiary/aromatic N) is 3. The zero-order valence-electron chi connectivity index (χ0n) is 14.1. The molecule has 0 N–H and O–H groups in total. The van der Waals surface area contributed by atoms with Crippen molar-refractivity contribution < 1.29 is 9.53 Å². The highest BCUT2D eigenvalue weighted by atomic mass is 16.5. The molecule has 0 atom stereocenters. The van der Waals surface area contributed by atoms with Gasteiger partial charge in [-0.25, -0.2) is 9.97 Å². The van der Waals surface area contributed by atoms with Crippen molar-refractivity contribution in [2.24, 2.45) is 0 Å². The molecule has 2 aliphatic heterocycles. The Bertz CT molecular complexity index is 795. The van der Waals surface area contributed by atoms with Gasteiger partial charge in [0, 0.05) is 37.7 Å². The Labute approximate surface area is 141 Å². The monoisotopic (exact) mass is 323 g/mol. The molecular formula is C19H21N3O2. The molecule has 1 aromatic heterocycles. The minimum Gasteiger partial charge on any atom is -0.486 e. The number of carbonyl (C=O) groups excluding carboxylic acids is 1. The number of ether oxygens (including phenoxy) is 1. The lowest BCUT2D eigenvalue weighted by Gasteiger charge is -2.44. The van der Waals surface area contributed by atoms with Crippen LogP contribution < -0.4 is 9.64 Å². The maximum atomic E-state index is 12.5. The van der Waals surface area contributed by atoms with Crippen molar-refractivity contribution in [1.82, 2.24) is 9.97 Å². The Balaban J connectivity index is 1.54. The fourth-order valence-corrected chi connectivity index (χ4v) is 3.69. The molecule has 5 heteroatoms. The van der Waals surface area contributed by atoms with E-state index in [4.69, 9.17) is 4.74 Å². The van der Waals surface area contributed by atoms with Crippen molar-refractivity contribution >= 4 is 11.6 Å².